The lowest BCUT2D eigenvalue weighted by Crippen LogP contribution is -2.26. The second kappa shape index (κ2) is 15.9. The molecule has 0 aliphatic heterocycles. The summed E-state index contributed by atoms with van der Waals surface area (Å²) in [7, 11) is 2.19. The van der Waals surface area contributed by atoms with Crippen LogP contribution in [0.15, 0.2) is 255 Å². The molecule has 350 valence electrons. The second-order valence-corrected chi connectivity index (χ2v) is 20.8. The zero-order valence-electron chi connectivity index (χ0n) is 41.6. The van der Waals surface area contributed by atoms with Gasteiger partial charge in [0.05, 0.1) is 22.3 Å². The lowest BCUT2D eigenvalue weighted by molar-refractivity contribution is 0.660. The van der Waals surface area contributed by atoms with Gasteiger partial charge >= 0.3 is 0 Å². The van der Waals surface area contributed by atoms with Crippen LogP contribution in [0.2, 0.25) is 0 Å². The molecule has 1 heterocycles. The molecule has 0 fully saturated rings. The van der Waals surface area contributed by atoms with E-state index in [1.165, 1.54) is 99.7 Å². The minimum absolute atomic E-state index is 0.169. The molecule has 3 nitrogen and oxygen atoms in total. The number of aryl methyl sites for hydroxylation is 1. The van der Waals surface area contributed by atoms with Crippen LogP contribution in [0.5, 0.6) is 0 Å². The Morgan fingerprint density at radius 1 is 0.311 bits per heavy atom. The van der Waals surface area contributed by atoms with Crippen molar-refractivity contribution in [2.75, 3.05) is 9.80 Å². The van der Waals surface area contributed by atoms with Gasteiger partial charge in [-0.2, -0.15) is 0 Å². The van der Waals surface area contributed by atoms with E-state index in [2.05, 4.69) is 290 Å². The molecule has 0 saturated carbocycles. The molecule has 1 aromatic heterocycles. The van der Waals surface area contributed by atoms with Gasteiger partial charge in [-0.3, -0.25) is 0 Å². The van der Waals surface area contributed by atoms with E-state index in [1.54, 1.807) is 0 Å². The Kier molecular flexibility index (Phi) is 9.14. The zero-order chi connectivity index (χ0) is 49.3. The number of para-hydroxylation sites is 3. The molecule has 0 amide bonds. The van der Waals surface area contributed by atoms with Crippen LogP contribution in [0.25, 0.3) is 66.3 Å². The standard InChI is InChI=1S/C71H51N3/c1-70(2)59-30-15-10-26-52(59)55-40-37-48(43-62(55)70)74(66-34-19-13-25-51(66)46-21-6-4-7-22-46)50-39-42-57-54-28-12-17-32-61(54)71(64(57)45-50)60-31-16-11-27-53(60)56-41-38-49(44-63(56)71)73(47-23-8-5-9-24-47)68-36-20-35-67-69(68)58-29-14-18-33-65(58)72(67)3/h4-45H,1-3H3. The van der Waals surface area contributed by atoms with Gasteiger partial charge in [0.1, 0.15) is 0 Å². The normalized spacial score (nSPS) is 15.1. The summed E-state index contributed by atoms with van der Waals surface area (Å²) in [5.41, 5.74) is 26.4. The van der Waals surface area contributed by atoms with Gasteiger partial charge in [-0.1, -0.05) is 196 Å². The first kappa shape index (κ1) is 42.5. The molecule has 12 aromatic rings. The fourth-order valence-electron chi connectivity index (χ4n) is 13.6. The van der Waals surface area contributed by atoms with Crippen LogP contribution in [0.1, 0.15) is 47.2 Å². The van der Waals surface area contributed by atoms with Gasteiger partial charge in [0, 0.05) is 57.1 Å². The Balaban J connectivity index is 0.991. The van der Waals surface area contributed by atoms with E-state index in [-0.39, 0.29) is 5.41 Å². The minimum Gasteiger partial charge on any atom is -0.344 e. The Hall–Kier alpha value is -9.18. The molecule has 3 aliphatic carbocycles. The van der Waals surface area contributed by atoms with Crippen molar-refractivity contribution >= 4 is 55.9 Å². The topological polar surface area (TPSA) is 11.4 Å². The van der Waals surface area contributed by atoms with Crippen LogP contribution in [0, 0.1) is 0 Å². The van der Waals surface area contributed by atoms with Crippen molar-refractivity contribution in [2.45, 2.75) is 24.7 Å². The van der Waals surface area contributed by atoms with Gasteiger partial charge in [-0.25, -0.2) is 0 Å². The van der Waals surface area contributed by atoms with Crippen LogP contribution < -0.4 is 9.80 Å². The molecular weight excluding hydrogens is 895 g/mol. The van der Waals surface area contributed by atoms with Crippen molar-refractivity contribution in [1.29, 1.82) is 0 Å². The van der Waals surface area contributed by atoms with Crippen molar-refractivity contribution in [1.82, 2.24) is 4.57 Å². The van der Waals surface area contributed by atoms with E-state index >= 15 is 0 Å². The second-order valence-electron chi connectivity index (χ2n) is 20.8. The number of rotatable bonds is 7. The third-order valence-corrected chi connectivity index (χ3v) is 16.8. The molecule has 3 aliphatic rings. The van der Waals surface area contributed by atoms with Crippen LogP contribution in [-0.2, 0) is 17.9 Å². The number of benzene rings is 11. The van der Waals surface area contributed by atoms with Gasteiger partial charge in [-0.15, -0.1) is 0 Å². The van der Waals surface area contributed by atoms with Gasteiger partial charge < -0.3 is 14.4 Å². The summed E-state index contributed by atoms with van der Waals surface area (Å²) in [5, 5.41) is 2.48. The molecule has 74 heavy (non-hydrogen) atoms. The highest BCUT2D eigenvalue weighted by molar-refractivity contribution is 6.16. The van der Waals surface area contributed by atoms with Crippen molar-refractivity contribution in [2.24, 2.45) is 7.05 Å². The fraction of sp³-hybridized carbons (Fsp3) is 0.0704. The monoisotopic (exact) mass is 945 g/mol. The summed E-state index contributed by atoms with van der Waals surface area (Å²) in [6, 6.07) is 95.3. The van der Waals surface area contributed by atoms with E-state index < -0.39 is 5.41 Å². The fourth-order valence-corrected chi connectivity index (χ4v) is 13.6. The third kappa shape index (κ3) is 5.84. The molecule has 1 unspecified atom stereocenters. The van der Waals surface area contributed by atoms with Crippen LogP contribution in [-0.4, -0.2) is 4.57 Å². The van der Waals surface area contributed by atoms with E-state index in [9.17, 15) is 0 Å². The van der Waals surface area contributed by atoms with Gasteiger partial charge in [0.15, 0.2) is 0 Å². The van der Waals surface area contributed by atoms with E-state index in [1.807, 2.05) is 0 Å². The summed E-state index contributed by atoms with van der Waals surface area (Å²) < 4.78 is 2.33. The molecule has 15 rings (SSSR count). The first-order chi connectivity index (χ1) is 36.4. The highest BCUT2D eigenvalue weighted by atomic mass is 15.2. The average Bonchev–Trinajstić information content (AvgIpc) is 4.25. The molecule has 11 aromatic carbocycles. The van der Waals surface area contributed by atoms with E-state index in [0.717, 1.165) is 34.1 Å². The molecule has 0 saturated heterocycles. The van der Waals surface area contributed by atoms with E-state index in [4.69, 9.17) is 0 Å². The Morgan fingerprint density at radius 2 is 0.743 bits per heavy atom. The summed E-state index contributed by atoms with van der Waals surface area (Å²) in [6.45, 7) is 4.76. The summed E-state index contributed by atoms with van der Waals surface area (Å²) in [5.74, 6) is 0. The molecule has 0 N–H and O–H groups in total. The lowest BCUT2D eigenvalue weighted by Gasteiger charge is -2.34. The third-order valence-electron chi connectivity index (χ3n) is 16.8. The van der Waals surface area contributed by atoms with E-state index in [0.29, 0.717) is 0 Å². The number of hydrogen-bond donors (Lipinski definition) is 0. The first-order valence-corrected chi connectivity index (χ1v) is 25.9. The molecule has 3 heteroatoms. The quantitative estimate of drug-likeness (QED) is 0.158. The van der Waals surface area contributed by atoms with Gasteiger partial charge in [-0.05, 0) is 145 Å². The maximum Gasteiger partial charge on any atom is 0.0727 e. The molecule has 0 radical (unpaired) electrons. The molecule has 1 atom stereocenters. The smallest absolute Gasteiger partial charge is 0.0727 e. The number of anilines is 6. The summed E-state index contributed by atoms with van der Waals surface area (Å²) in [4.78, 5) is 5.01. The maximum atomic E-state index is 2.54. The highest BCUT2D eigenvalue weighted by Gasteiger charge is 2.52. The van der Waals surface area contributed by atoms with Gasteiger partial charge in [0.25, 0.3) is 0 Å². The van der Waals surface area contributed by atoms with Crippen LogP contribution in [0.4, 0.5) is 34.1 Å². The zero-order valence-corrected chi connectivity index (χ0v) is 41.6. The van der Waals surface area contributed by atoms with Crippen LogP contribution in [0.3, 0.4) is 0 Å². The number of hydrogen-bond acceptors (Lipinski definition) is 2. The average molecular weight is 946 g/mol. The maximum absolute atomic E-state index is 2.54. The summed E-state index contributed by atoms with van der Waals surface area (Å²) in [6.07, 6.45) is 0. The number of fused-ring (bicyclic) bond motifs is 16. The minimum atomic E-state index is -0.621. The first-order valence-electron chi connectivity index (χ1n) is 25.9. The van der Waals surface area contributed by atoms with Crippen molar-refractivity contribution < 1.29 is 0 Å². The predicted octanol–water partition coefficient (Wildman–Crippen LogP) is 18.6. The lowest BCUT2D eigenvalue weighted by atomic mass is 9.70. The van der Waals surface area contributed by atoms with Gasteiger partial charge in [0.2, 0.25) is 0 Å². The Morgan fingerprint density at radius 3 is 1.38 bits per heavy atom. The van der Waals surface area contributed by atoms with Crippen molar-refractivity contribution in [3.8, 4) is 44.5 Å². The Labute approximate surface area is 432 Å². The molecule has 1 spiro atoms. The number of nitrogens with zero attached hydrogens (tertiary/aromatic N) is 3. The van der Waals surface area contributed by atoms with Crippen LogP contribution >= 0.6 is 0 Å². The largest absolute Gasteiger partial charge is 0.344 e. The SMILES string of the molecule is Cn1c2ccccc2c2c(N(c3ccccc3)c3ccc4c(c3)C3(c5ccccc5-c5ccc(N(c6ccc7c(c6)C(C)(C)c6ccccc6-7)c6ccccc6-c6ccccc6)cc53)c3ccccc3-4)cccc21. The molecule has 0 bridgehead atoms. The Bertz CT molecular complexity index is 4240. The summed E-state index contributed by atoms with van der Waals surface area (Å²) >= 11 is 0. The van der Waals surface area contributed by atoms with Crippen molar-refractivity contribution in [3.63, 3.8) is 0 Å². The predicted molar refractivity (Wildman–Crippen MR) is 309 cm³/mol. The highest BCUT2D eigenvalue weighted by Crippen LogP contribution is 2.64. The van der Waals surface area contributed by atoms with Crippen molar-refractivity contribution in [3.05, 3.63) is 288 Å². The number of aromatic nitrogens is 1. The molecular formula is C71H51N3.